The van der Waals surface area contributed by atoms with Crippen LogP contribution in [-0.2, 0) is 4.79 Å². The van der Waals surface area contributed by atoms with Crippen molar-refractivity contribution in [2.45, 2.75) is 12.8 Å². The minimum atomic E-state index is -0.833. The predicted molar refractivity (Wildman–Crippen MR) is 30.3 cm³/mol. The van der Waals surface area contributed by atoms with Gasteiger partial charge in [0.25, 0.3) is 0 Å². The Morgan fingerprint density at radius 1 is 1.56 bits per heavy atom. The van der Waals surface area contributed by atoms with E-state index in [1.165, 1.54) is 0 Å². The molecule has 0 aliphatic carbocycles. The first-order valence-electron chi connectivity index (χ1n) is 2.36. The Morgan fingerprint density at radius 3 is 2.44 bits per heavy atom. The Bertz CT molecular complexity index is 75.0. The summed E-state index contributed by atoms with van der Waals surface area (Å²) in [5.74, 6) is -0.833. The maximum atomic E-state index is 9.76. The molecule has 0 aromatic heterocycles. The van der Waals surface area contributed by atoms with Gasteiger partial charge in [0.2, 0.25) is 0 Å². The van der Waals surface area contributed by atoms with Crippen LogP contribution in [0.4, 0.5) is 0 Å². The van der Waals surface area contributed by atoms with Gasteiger partial charge in [0, 0.05) is 13.0 Å². The Morgan fingerprint density at radius 2 is 2.11 bits per heavy atom. The van der Waals surface area contributed by atoms with E-state index < -0.39 is 5.97 Å². The van der Waals surface area contributed by atoms with Gasteiger partial charge in [-0.3, -0.25) is 4.79 Å². The maximum Gasteiger partial charge on any atom is 0.303 e. The van der Waals surface area contributed by atoms with Crippen molar-refractivity contribution in [3.05, 3.63) is 0 Å². The van der Waals surface area contributed by atoms with Crippen molar-refractivity contribution in [3.8, 4) is 0 Å². The first kappa shape index (κ1) is 11.2. The molecule has 0 spiro atoms. The maximum absolute atomic E-state index is 9.76. The van der Waals surface area contributed by atoms with Gasteiger partial charge < -0.3 is 15.8 Å². The van der Waals surface area contributed by atoms with Crippen LogP contribution in [0.3, 0.4) is 0 Å². The zero-order valence-electron chi connectivity index (χ0n) is 4.92. The highest BCUT2D eigenvalue weighted by atomic mass is 16.5. The largest absolute Gasteiger partial charge is 0.481 e. The summed E-state index contributed by atoms with van der Waals surface area (Å²) in [4.78, 5) is 9.76. The van der Waals surface area contributed by atoms with Gasteiger partial charge >= 0.3 is 5.97 Å². The average Bonchev–Trinajstić information content (AvgIpc) is 1.66. The van der Waals surface area contributed by atoms with Crippen LogP contribution >= 0.6 is 0 Å². The molecular weight excluding hydrogens is 126 g/mol. The number of rotatable bonds is 4. The molecule has 0 aliphatic rings. The molecule has 9 heavy (non-hydrogen) atoms. The molecule has 0 unspecified atom stereocenters. The molecule has 0 aromatic carbocycles. The average molecular weight is 137 g/mol. The fourth-order valence-corrected chi connectivity index (χ4v) is 0.319. The van der Waals surface area contributed by atoms with Gasteiger partial charge in [0.15, 0.2) is 0 Å². The molecule has 0 rings (SSSR count). The Balaban J connectivity index is 0. The quantitative estimate of drug-likeness (QED) is 0.342. The molecule has 0 saturated carbocycles. The molecule has 0 heterocycles. The molecule has 0 aromatic rings. The monoisotopic (exact) mass is 137 g/mol. The van der Waals surface area contributed by atoms with E-state index in [1.807, 2.05) is 5.48 Å². The van der Waals surface area contributed by atoms with Gasteiger partial charge in [-0.15, -0.1) is 0 Å². The highest BCUT2D eigenvalue weighted by Crippen LogP contribution is 1.83. The fraction of sp³-hybridized carbons (Fsp3) is 0.750. The topological polar surface area (TPSA) is 101 Å². The number of aliphatic carboxylic acids is 1. The normalized spacial score (nSPS) is 8.11. The predicted octanol–water partition coefficient (Wildman–Crippen LogP) is -0.995. The zero-order valence-corrected chi connectivity index (χ0v) is 4.92. The van der Waals surface area contributed by atoms with Crippen molar-refractivity contribution >= 4 is 5.97 Å². The minimum Gasteiger partial charge on any atom is -0.481 e. The highest BCUT2D eigenvalue weighted by Gasteiger charge is 1.92. The van der Waals surface area contributed by atoms with Crippen LogP contribution in [0.2, 0.25) is 0 Å². The summed E-state index contributed by atoms with van der Waals surface area (Å²) in [5, 5.41) is 16.0. The molecule has 5 nitrogen and oxygen atoms in total. The summed E-state index contributed by atoms with van der Waals surface area (Å²) in [5.41, 5.74) is 1.86. The third kappa shape index (κ3) is 11.1. The Labute approximate surface area is 52.6 Å². The molecule has 5 N–H and O–H groups in total. The van der Waals surface area contributed by atoms with Gasteiger partial charge in [0.1, 0.15) is 0 Å². The standard InChI is InChI=1S/C4H9NO3.H2O/c6-4(7)2-1-3-5-8;/h5,8H,1-3H2,(H,6,7);1H2. The molecule has 5 heteroatoms. The lowest BCUT2D eigenvalue weighted by molar-refractivity contribution is -0.137. The molecule has 0 amide bonds. The lowest BCUT2D eigenvalue weighted by Gasteiger charge is -1.91. The molecule has 0 saturated heterocycles. The van der Waals surface area contributed by atoms with Crippen molar-refractivity contribution in [1.82, 2.24) is 5.48 Å². The van der Waals surface area contributed by atoms with Gasteiger partial charge in [-0.25, -0.2) is 5.48 Å². The number of carbonyl (C=O) groups is 1. The lowest BCUT2D eigenvalue weighted by atomic mass is 10.3. The smallest absolute Gasteiger partial charge is 0.303 e. The van der Waals surface area contributed by atoms with Crippen molar-refractivity contribution < 1.29 is 20.6 Å². The fourth-order valence-electron chi connectivity index (χ4n) is 0.319. The molecule has 0 fully saturated rings. The zero-order chi connectivity index (χ0) is 6.41. The van der Waals surface area contributed by atoms with Crippen LogP contribution in [-0.4, -0.2) is 28.3 Å². The number of nitrogens with one attached hydrogen (secondary N) is 1. The van der Waals surface area contributed by atoms with E-state index in [1.54, 1.807) is 0 Å². The molecule has 0 atom stereocenters. The van der Waals surface area contributed by atoms with Crippen molar-refractivity contribution in [2.24, 2.45) is 0 Å². The van der Waals surface area contributed by atoms with E-state index in [2.05, 4.69) is 0 Å². The third-order valence-corrected chi connectivity index (χ3v) is 0.679. The summed E-state index contributed by atoms with van der Waals surface area (Å²) in [6, 6.07) is 0. The van der Waals surface area contributed by atoms with E-state index in [4.69, 9.17) is 10.3 Å². The number of hydroxylamine groups is 1. The summed E-state index contributed by atoms with van der Waals surface area (Å²) >= 11 is 0. The third-order valence-electron chi connectivity index (χ3n) is 0.679. The van der Waals surface area contributed by atoms with Gasteiger partial charge in [0.05, 0.1) is 0 Å². The van der Waals surface area contributed by atoms with Crippen LogP contribution in [0.5, 0.6) is 0 Å². The Hall–Kier alpha value is -0.650. The second-order valence-electron chi connectivity index (χ2n) is 1.41. The van der Waals surface area contributed by atoms with Crippen LogP contribution in [0.25, 0.3) is 0 Å². The number of hydrogen-bond donors (Lipinski definition) is 3. The van der Waals surface area contributed by atoms with E-state index in [0.717, 1.165) is 0 Å². The Kier molecular flexibility index (Phi) is 9.14. The SMILES string of the molecule is O.O=C(O)CCCNO. The van der Waals surface area contributed by atoms with Crippen molar-refractivity contribution in [1.29, 1.82) is 0 Å². The lowest BCUT2D eigenvalue weighted by Crippen LogP contribution is -2.10. The second-order valence-corrected chi connectivity index (χ2v) is 1.41. The number of carboxylic acids is 1. The summed E-state index contributed by atoms with van der Waals surface area (Å²) in [7, 11) is 0. The summed E-state index contributed by atoms with van der Waals surface area (Å²) in [6.07, 6.45) is 0.569. The molecule has 0 radical (unpaired) electrons. The van der Waals surface area contributed by atoms with Gasteiger partial charge in [-0.05, 0) is 6.42 Å². The highest BCUT2D eigenvalue weighted by molar-refractivity contribution is 5.66. The second kappa shape index (κ2) is 7.35. The molecule has 0 bridgehead atoms. The number of carboxylic acid groups (broad SMARTS) is 1. The number of hydrogen-bond acceptors (Lipinski definition) is 3. The molecular formula is C4H11NO4. The van der Waals surface area contributed by atoms with Crippen molar-refractivity contribution in [2.75, 3.05) is 6.54 Å². The first-order chi connectivity index (χ1) is 3.77. The van der Waals surface area contributed by atoms with Crippen molar-refractivity contribution in [3.63, 3.8) is 0 Å². The van der Waals surface area contributed by atoms with Crippen LogP contribution in [0.15, 0.2) is 0 Å². The minimum absolute atomic E-state index is 0. The van der Waals surface area contributed by atoms with E-state index in [-0.39, 0.29) is 11.9 Å². The first-order valence-corrected chi connectivity index (χ1v) is 2.36. The van der Waals surface area contributed by atoms with Crippen LogP contribution in [0, 0.1) is 0 Å². The molecule has 0 aliphatic heterocycles. The summed E-state index contributed by atoms with van der Waals surface area (Å²) < 4.78 is 0. The van der Waals surface area contributed by atoms with E-state index >= 15 is 0 Å². The van der Waals surface area contributed by atoms with Crippen LogP contribution < -0.4 is 5.48 Å². The van der Waals surface area contributed by atoms with Gasteiger partial charge in [-0.2, -0.15) is 0 Å². The van der Waals surface area contributed by atoms with E-state index in [9.17, 15) is 4.79 Å². The summed E-state index contributed by atoms with van der Waals surface area (Å²) in [6.45, 7) is 0.340. The molecule has 56 valence electrons. The van der Waals surface area contributed by atoms with E-state index in [0.29, 0.717) is 13.0 Å². The van der Waals surface area contributed by atoms with Crippen LogP contribution in [0.1, 0.15) is 12.8 Å². The van der Waals surface area contributed by atoms with Gasteiger partial charge in [-0.1, -0.05) is 0 Å².